The van der Waals surface area contributed by atoms with Gasteiger partial charge in [-0.2, -0.15) is 0 Å². The molecule has 11 heteroatoms. The van der Waals surface area contributed by atoms with E-state index in [0.717, 1.165) is 35.4 Å². The lowest BCUT2D eigenvalue weighted by atomic mass is 9.93. The number of ether oxygens (including phenoxy) is 2. The van der Waals surface area contributed by atoms with Gasteiger partial charge in [-0.3, -0.25) is 0 Å². The summed E-state index contributed by atoms with van der Waals surface area (Å²) < 4.78 is 29.1. The SMILES string of the molecule is Cc1nc2c3c(c(NCC4(F)CCN(C(=O)OC(C)(C)C)CC4)nn2c1-c1ccnc(Cl)c1)CCCO3. The Morgan fingerprint density at radius 1 is 1.32 bits per heavy atom. The number of nitrogens with zero attached hydrogens (tertiary/aromatic N) is 5. The predicted octanol–water partition coefficient (Wildman–Crippen LogP) is 5.23. The Balaban J connectivity index is 1.40. The lowest BCUT2D eigenvalue weighted by Gasteiger charge is -2.37. The van der Waals surface area contributed by atoms with Crippen molar-refractivity contribution in [2.45, 2.75) is 64.6 Å². The molecular weight excluding hydrogens is 499 g/mol. The molecule has 3 aromatic rings. The molecule has 1 amide bonds. The number of carbonyl (C=O) groups is 1. The van der Waals surface area contributed by atoms with E-state index in [0.29, 0.717) is 42.1 Å². The number of aryl methyl sites for hydroxylation is 1. The molecule has 0 bridgehead atoms. The maximum absolute atomic E-state index is 15.8. The van der Waals surface area contributed by atoms with Gasteiger partial charge in [0, 0.05) is 43.3 Å². The van der Waals surface area contributed by atoms with Gasteiger partial charge in [0.1, 0.15) is 16.4 Å². The second-order valence-corrected chi connectivity index (χ2v) is 11.1. The van der Waals surface area contributed by atoms with Crippen LogP contribution in [0.3, 0.4) is 0 Å². The zero-order valence-corrected chi connectivity index (χ0v) is 22.4. The highest BCUT2D eigenvalue weighted by Crippen LogP contribution is 2.37. The van der Waals surface area contributed by atoms with E-state index >= 15 is 4.39 Å². The van der Waals surface area contributed by atoms with Crippen LogP contribution >= 0.6 is 11.6 Å². The normalized spacial score (nSPS) is 17.3. The molecule has 1 N–H and O–H groups in total. The first-order valence-electron chi connectivity index (χ1n) is 12.6. The average Bonchev–Trinajstić information content (AvgIpc) is 3.18. The fraction of sp³-hybridized carbons (Fsp3) is 0.538. The number of carbonyl (C=O) groups excluding carboxylic acids is 1. The molecule has 3 aromatic heterocycles. The summed E-state index contributed by atoms with van der Waals surface area (Å²) >= 11 is 6.15. The Morgan fingerprint density at radius 3 is 2.78 bits per heavy atom. The highest BCUT2D eigenvalue weighted by molar-refractivity contribution is 6.29. The summed E-state index contributed by atoms with van der Waals surface area (Å²) in [6.45, 7) is 8.64. The van der Waals surface area contributed by atoms with Crippen molar-refractivity contribution in [1.82, 2.24) is 24.5 Å². The van der Waals surface area contributed by atoms with E-state index in [2.05, 4.69) is 10.3 Å². The van der Waals surface area contributed by atoms with E-state index in [-0.39, 0.29) is 19.4 Å². The second kappa shape index (κ2) is 9.63. The van der Waals surface area contributed by atoms with Gasteiger partial charge in [0.25, 0.3) is 0 Å². The number of nitrogens with one attached hydrogen (secondary N) is 1. The zero-order chi connectivity index (χ0) is 26.4. The van der Waals surface area contributed by atoms with Crippen LogP contribution in [0, 0.1) is 6.92 Å². The van der Waals surface area contributed by atoms with Gasteiger partial charge in [-0.15, -0.1) is 5.10 Å². The monoisotopic (exact) mass is 530 g/mol. The fourth-order valence-corrected chi connectivity index (χ4v) is 5.00. The van der Waals surface area contributed by atoms with Crippen molar-refractivity contribution in [2.75, 3.05) is 31.6 Å². The molecule has 0 atom stereocenters. The first-order valence-corrected chi connectivity index (χ1v) is 13.0. The van der Waals surface area contributed by atoms with Crippen molar-refractivity contribution in [3.8, 4) is 17.0 Å². The molecule has 37 heavy (non-hydrogen) atoms. The molecule has 0 aromatic carbocycles. The first-order chi connectivity index (χ1) is 17.5. The van der Waals surface area contributed by atoms with E-state index < -0.39 is 17.4 Å². The second-order valence-electron chi connectivity index (χ2n) is 10.7. The van der Waals surface area contributed by atoms with Crippen LogP contribution in [0.2, 0.25) is 5.15 Å². The third-order valence-electron chi connectivity index (χ3n) is 6.69. The zero-order valence-electron chi connectivity index (χ0n) is 21.6. The molecule has 2 aliphatic heterocycles. The van der Waals surface area contributed by atoms with Gasteiger partial charge in [-0.05, 0) is 52.7 Å². The highest BCUT2D eigenvalue weighted by atomic mass is 35.5. The number of piperidine rings is 1. The molecule has 2 aliphatic rings. The number of fused-ring (bicyclic) bond motifs is 3. The van der Waals surface area contributed by atoms with Crippen LogP contribution in [0.25, 0.3) is 16.9 Å². The molecule has 0 spiro atoms. The van der Waals surface area contributed by atoms with Crippen LogP contribution < -0.4 is 10.1 Å². The van der Waals surface area contributed by atoms with Gasteiger partial charge in [-0.25, -0.2) is 23.7 Å². The smallest absolute Gasteiger partial charge is 0.410 e. The lowest BCUT2D eigenvalue weighted by Crippen LogP contribution is -2.48. The average molecular weight is 531 g/mol. The third kappa shape index (κ3) is 5.30. The Morgan fingerprint density at radius 2 is 2.08 bits per heavy atom. The predicted molar refractivity (Wildman–Crippen MR) is 139 cm³/mol. The molecule has 9 nitrogen and oxygen atoms in total. The minimum Gasteiger partial charge on any atom is -0.489 e. The van der Waals surface area contributed by atoms with Crippen molar-refractivity contribution >= 4 is 29.2 Å². The number of halogens is 2. The van der Waals surface area contributed by atoms with Crippen LogP contribution in [0.1, 0.15) is 51.3 Å². The molecule has 0 unspecified atom stereocenters. The number of imidazole rings is 1. The number of likely N-dealkylation sites (tertiary alicyclic amines) is 1. The van der Waals surface area contributed by atoms with Crippen molar-refractivity contribution in [1.29, 1.82) is 0 Å². The van der Waals surface area contributed by atoms with Crippen molar-refractivity contribution in [3.63, 3.8) is 0 Å². The summed E-state index contributed by atoms with van der Waals surface area (Å²) in [7, 11) is 0. The van der Waals surface area contributed by atoms with Gasteiger partial charge >= 0.3 is 6.09 Å². The molecule has 198 valence electrons. The number of amides is 1. The molecule has 5 heterocycles. The number of rotatable bonds is 4. The van der Waals surface area contributed by atoms with E-state index in [1.165, 1.54) is 0 Å². The Kier molecular flexibility index (Phi) is 6.64. The van der Waals surface area contributed by atoms with Crippen molar-refractivity contribution in [2.24, 2.45) is 0 Å². The van der Waals surface area contributed by atoms with Crippen molar-refractivity contribution in [3.05, 3.63) is 34.7 Å². The molecular formula is C26H32ClFN6O3. The molecule has 1 saturated heterocycles. The molecule has 1 fully saturated rings. The standard InChI is InChI=1S/C26H32ClFN6O3/c1-16-20(17-7-10-29-19(27)14-17)34-23(31-16)21-18(6-5-13-36-21)22(32-34)30-15-26(28)8-11-33(12-9-26)24(35)37-25(2,3)4/h7,10,14H,5-6,8-9,11-13,15H2,1-4H3,(H,30,32). The van der Waals surface area contributed by atoms with E-state index in [9.17, 15) is 4.79 Å². The molecule has 0 saturated carbocycles. The summed E-state index contributed by atoms with van der Waals surface area (Å²) in [4.78, 5) is 22.8. The fourth-order valence-electron chi connectivity index (χ4n) is 4.83. The number of hydrogen-bond acceptors (Lipinski definition) is 7. The van der Waals surface area contributed by atoms with Crippen LogP contribution in [0.4, 0.5) is 15.0 Å². The van der Waals surface area contributed by atoms with E-state index in [4.69, 9.17) is 31.2 Å². The number of hydrogen-bond donors (Lipinski definition) is 1. The van der Waals surface area contributed by atoms with Gasteiger partial charge in [0.05, 0.1) is 24.5 Å². The maximum Gasteiger partial charge on any atom is 0.410 e. The largest absolute Gasteiger partial charge is 0.489 e. The maximum atomic E-state index is 15.8. The van der Waals surface area contributed by atoms with Gasteiger partial charge in [0.2, 0.25) is 0 Å². The summed E-state index contributed by atoms with van der Waals surface area (Å²) in [5, 5.41) is 8.50. The topological polar surface area (TPSA) is 93.9 Å². The van der Waals surface area contributed by atoms with Crippen LogP contribution in [0.5, 0.6) is 5.75 Å². The molecule has 0 aliphatic carbocycles. The number of alkyl halides is 1. The Hall–Kier alpha value is -3.14. The summed E-state index contributed by atoms with van der Waals surface area (Å²) in [5.74, 6) is 1.25. The third-order valence-corrected chi connectivity index (χ3v) is 6.90. The minimum absolute atomic E-state index is 0.0736. The lowest BCUT2D eigenvalue weighted by molar-refractivity contribution is 0.00574. The quantitative estimate of drug-likeness (QED) is 0.461. The van der Waals surface area contributed by atoms with Crippen LogP contribution in [-0.2, 0) is 11.2 Å². The van der Waals surface area contributed by atoms with Crippen LogP contribution in [0.15, 0.2) is 18.3 Å². The molecule has 0 radical (unpaired) electrons. The summed E-state index contributed by atoms with van der Waals surface area (Å²) in [5.41, 5.74) is 1.85. The van der Waals surface area contributed by atoms with Crippen LogP contribution in [-0.4, -0.2) is 68.1 Å². The number of aromatic nitrogens is 4. The van der Waals surface area contributed by atoms with Crippen molar-refractivity contribution < 1.29 is 18.7 Å². The highest BCUT2D eigenvalue weighted by Gasteiger charge is 2.38. The Labute approximate surface area is 220 Å². The first kappa shape index (κ1) is 25.5. The minimum atomic E-state index is -1.48. The number of anilines is 1. The number of pyridine rings is 1. The Bertz CT molecular complexity index is 1330. The van der Waals surface area contributed by atoms with E-state index in [1.54, 1.807) is 21.7 Å². The summed E-state index contributed by atoms with van der Waals surface area (Å²) in [6, 6.07) is 3.62. The van der Waals surface area contributed by atoms with Gasteiger partial charge < -0.3 is 19.7 Å². The summed E-state index contributed by atoms with van der Waals surface area (Å²) in [6.07, 6.45) is 3.27. The van der Waals surface area contributed by atoms with Gasteiger partial charge in [-0.1, -0.05) is 11.6 Å². The molecule has 5 rings (SSSR count). The van der Waals surface area contributed by atoms with Gasteiger partial charge in [0.15, 0.2) is 17.2 Å². The van der Waals surface area contributed by atoms with E-state index in [1.807, 2.05) is 33.8 Å².